The van der Waals surface area contributed by atoms with Crippen molar-refractivity contribution in [3.05, 3.63) is 112 Å². The van der Waals surface area contributed by atoms with E-state index in [1.807, 2.05) is 12.4 Å². The van der Waals surface area contributed by atoms with Crippen LogP contribution in [-0.2, 0) is 12.8 Å². The highest BCUT2D eigenvalue weighted by molar-refractivity contribution is 5.78. The van der Waals surface area contributed by atoms with Crippen molar-refractivity contribution in [2.75, 3.05) is 0 Å². The predicted molar refractivity (Wildman–Crippen MR) is 124 cm³/mol. The van der Waals surface area contributed by atoms with Gasteiger partial charge < -0.3 is 0 Å². The summed E-state index contributed by atoms with van der Waals surface area (Å²) in [5.74, 6) is 0. The third kappa shape index (κ3) is 2.81. The number of aromatic nitrogens is 1. The molecule has 3 aromatic carbocycles. The van der Waals surface area contributed by atoms with Crippen molar-refractivity contribution < 1.29 is 0 Å². The summed E-state index contributed by atoms with van der Waals surface area (Å²) in [5.41, 5.74) is 10.8. The Morgan fingerprint density at radius 3 is 2.40 bits per heavy atom. The summed E-state index contributed by atoms with van der Waals surface area (Å²) in [4.78, 5) is 4.63. The third-order valence-corrected chi connectivity index (χ3v) is 6.53. The number of hydrogen-bond donors (Lipinski definition) is 0. The molecule has 0 aliphatic heterocycles. The molecule has 6 rings (SSSR count). The van der Waals surface area contributed by atoms with Crippen LogP contribution in [0.2, 0.25) is 0 Å². The first-order valence-corrected chi connectivity index (χ1v) is 10.8. The largest absolute Gasteiger partial charge is 0.263 e. The van der Waals surface area contributed by atoms with Gasteiger partial charge in [-0.1, -0.05) is 72.8 Å². The van der Waals surface area contributed by atoms with E-state index in [1.165, 1.54) is 61.4 Å². The number of pyridine rings is 1. The van der Waals surface area contributed by atoms with Gasteiger partial charge >= 0.3 is 0 Å². The first-order valence-electron chi connectivity index (χ1n) is 10.8. The van der Waals surface area contributed by atoms with E-state index in [9.17, 15) is 0 Å². The number of benzene rings is 3. The molecule has 1 nitrogen and oxygen atoms in total. The van der Waals surface area contributed by atoms with Crippen molar-refractivity contribution in [2.45, 2.75) is 25.7 Å². The van der Waals surface area contributed by atoms with Crippen LogP contribution >= 0.6 is 0 Å². The van der Waals surface area contributed by atoms with Crippen molar-refractivity contribution in [1.29, 1.82) is 0 Å². The lowest BCUT2D eigenvalue weighted by molar-refractivity contribution is 0.817. The monoisotopic (exact) mass is 385 g/mol. The van der Waals surface area contributed by atoms with E-state index in [4.69, 9.17) is 0 Å². The summed E-state index contributed by atoms with van der Waals surface area (Å²) < 4.78 is 0. The van der Waals surface area contributed by atoms with Gasteiger partial charge in [0, 0.05) is 18.0 Å². The lowest BCUT2D eigenvalue weighted by Gasteiger charge is -2.21. The van der Waals surface area contributed by atoms with Crippen molar-refractivity contribution in [3.8, 4) is 22.3 Å². The van der Waals surface area contributed by atoms with Crippen LogP contribution in [0.5, 0.6) is 0 Å². The van der Waals surface area contributed by atoms with E-state index in [-0.39, 0.29) is 0 Å². The maximum Gasteiger partial charge on any atom is 0.0346 e. The van der Waals surface area contributed by atoms with Crippen LogP contribution in [-0.4, -0.2) is 4.98 Å². The predicted octanol–water partition coefficient (Wildman–Crippen LogP) is 5.29. The number of rotatable bonds is 2. The third-order valence-electron chi connectivity index (χ3n) is 6.53. The van der Waals surface area contributed by atoms with Gasteiger partial charge in [0.05, 0.1) is 0 Å². The van der Waals surface area contributed by atoms with Gasteiger partial charge in [0.1, 0.15) is 0 Å². The van der Waals surface area contributed by atoms with E-state index in [2.05, 4.69) is 83.9 Å². The zero-order valence-corrected chi connectivity index (χ0v) is 16.9. The van der Waals surface area contributed by atoms with Gasteiger partial charge in [-0.25, -0.2) is 0 Å². The van der Waals surface area contributed by atoms with Crippen LogP contribution in [0.15, 0.2) is 85.2 Å². The number of aryl methyl sites for hydroxylation is 1. The van der Waals surface area contributed by atoms with Crippen LogP contribution in [0.1, 0.15) is 29.5 Å². The van der Waals surface area contributed by atoms with Gasteiger partial charge in [0.15, 0.2) is 0 Å². The molecule has 4 aromatic rings. The molecule has 0 unspecified atom stereocenters. The number of hydrogen-bond acceptors (Lipinski definition) is 1. The Bertz CT molecular complexity index is 1380. The van der Waals surface area contributed by atoms with Gasteiger partial charge in [-0.2, -0.15) is 0 Å². The van der Waals surface area contributed by atoms with E-state index >= 15 is 0 Å². The summed E-state index contributed by atoms with van der Waals surface area (Å²) in [6, 6.07) is 26.4. The standard InChI is InChI=1S/C29H23N/c1-2-7-20(8-3-1)23-17-24(19-30-18-23)26-12-6-10-22-14-15-27-25-11-5-4-9-21(25)13-16-28(27)29(22)26/h1-5,7-9,11,14-19H,6,10,12-13H2. The van der Waals surface area contributed by atoms with Crippen LogP contribution in [0.4, 0.5) is 0 Å². The lowest BCUT2D eigenvalue weighted by Crippen LogP contribution is -2.36. The Balaban J connectivity index is 1.62. The summed E-state index contributed by atoms with van der Waals surface area (Å²) >= 11 is 0. The van der Waals surface area contributed by atoms with Crippen molar-refractivity contribution in [2.24, 2.45) is 0 Å². The molecule has 0 N–H and O–H groups in total. The first kappa shape index (κ1) is 17.4. The molecular weight excluding hydrogens is 362 g/mol. The molecule has 2 aliphatic rings. The molecule has 144 valence electrons. The Labute approximate surface area is 177 Å². The Kier molecular flexibility index (Phi) is 4.12. The molecular formula is C29H23N. The van der Waals surface area contributed by atoms with E-state index < -0.39 is 0 Å². The second-order valence-corrected chi connectivity index (χ2v) is 8.29. The molecule has 1 heterocycles. The molecule has 0 bridgehead atoms. The highest BCUT2D eigenvalue weighted by atomic mass is 14.6. The smallest absolute Gasteiger partial charge is 0.0346 e. The molecule has 1 aromatic heterocycles. The van der Waals surface area contributed by atoms with Crippen LogP contribution in [0.25, 0.3) is 33.9 Å². The average Bonchev–Trinajstić information content (AvgIpc) is 2.84. The van der Waals surface area contributed by atoms with Gasteiger partial charge in [0.25, 0.3) is 0 Å². The minimum atomic E-state index is 1.01. The van der Waals surface area contributed by atoms with Gasteiger partial charge in [0.2, 0.25) is 0 Å². The zero-order chi connectivity index (χ0) is 19.9. The Morgan fingerprint density at radius 2 is 1.47 bits per heavy atom. The minimum absolute atomic E-state index is 1.01. The molecule has 1 heteroatoms. The fraction of sp³-hybridized carbons (Fsp3) is 0.138. The number of nitrogens with zero attached hydrogens (tertiary/aromatic N) is 1. The van der Waals surface area contributed by atoms with Gasteiger partial charge in [-0.3, -0.25) is 4.98 Å². The quantitative estimate of drug-likeness (QED) is 0.457. The fourth-order valence-electron chi connectivity index (χ4n) is 5.11. The normalized spacial score (nSPS) is 14.3. The Hall–Kier alpha value is -3.45. The average molecular weight is 386 g/mol. The minimum Gasteiger partial charge on any atom is -0.263 e. The van der Waals surface area contributed by atoms with Crippen LogP contribution in [0.3, 0.4) is 0 Å². The topological polar surface area (TPSA) is 12.9 Å². The summed E-state index contributed by atoms with van der Waals surface area (Å²) in [6.07, 6.45) is 10.9. The van der Waals surface area contributed by atoms with Crippen molar-refractivity contribution in [3.63, 3.8) is 0 Å². The highest BCUT2D eigenvalue weighted by Crippen LogP contribution is 2.28. The fourth-order valence-corrected chi connectivity index (χ4v) is 5.11. The van der Waals surface area contributed by atoms with Crippen molar-refractivity contribution >= 4 is 11.6 Å². The first-order chi connectivity index (χ1) is 14.9. The molecule has 0 atom stereocenters. The second-order valence-electron chi connectivity index (χ2n) is 8.29. The summed E-state index contributed by atoms with van der Waals surface area (Å²) in [5, 5.41) is 2.88. The molecule has 0 saturated carbocycles. The molecule has 0 amide bonds. The molecule has 30 heavy (non-hydrogen) atoms. The van der Waals surface area contributed by atoms with Crippen LogP contribution in [0, 0.1) is 0 Å². The van der Waals surface area contributed by atoms with Crippen molar-refractivity contribution in [1.82, 2.24) is 4.98 Å². The maximum atomic E-state index is 4.63. The maximum absolute atomic E-state index is 4.63. The summed E-state index contributed by atoms with van der Waals surface area (Å²) in [7, 11) is 0. The molecule has 0 spiro atoms. The number of fused-ring (bicyclic) bond motifs is 5. The van der Waals surface area contributed by atoms with E-state index in [0.717, 1.165) is 19.3 Å². The van der Waals surface area contributed by atoms with Gasteiger partial charge in [-0.15, -0.1) is 0 Å². The highest BCUT2D eigenvalue weighted by Gasteiger charge is 2.18. The van der Waals surface area contributed by atoms with Crippen LogP contribution < -0.4 is 10.4 Å². The SMILES string of the molecule is C1=c2c(ccc3c2=C(c2cncc(-c4ccccc4)c2)CCC3)-c2ccccc2C1. The Morgan fingerprint density at radius 1 is 0.633 bits per heavy atom. The molecule has 0 radical (unpaired) electrons. The lowest BCUT2D eigenvalue weighted by atomic mass is 9.83. The zero-order valence-electron chi connectivity index (χ0n) is 16.9. The second kappa shape index (κ2) is 7.11. The van der Waals surface area contributed by atoms with Gasteiger partial charge in [-0.05, 0) is 81.1 Å². The molecule has 0 saturated heterocycles. The summed E-state index contributed by atoms with van der Waals surface area (Å²) in [6.45, 7) is 0. The van der Waals surface area contributed by atoms with E-state index in [0.29, 0.717) is 0 Å². The molecule has 2 aliphatic carbocycles. The van der Waals surface area contributed by atoms with E-state index in [1.54, 1.807) is 0 Å². The molecule has 0 fully saturated rings.